The van der Waals surface area contributed by atoms with E-state index in [1.165, 1.54) is 6.07 Å². The molecule has 0 aromatic heterocycles. The number of benzene rings is 2. The molecule has 2 rings (SSSR count). The Labute approximate surface area is 147 Å². The summed E-state index contributed by atoms with van der Waals surface area (Å²) in [5, 5.41) is 26.0. The number of nitrogens with one attached hydrogen (secondary N) is 3. The first-order chi connectivity index (χ1) is 11.9. The van der Waals surface area contributed by atoms with Gasteiger partial charge in [0.2, 0.25) is 0 Å². The quantitative estimate of drug-likeness (QED) is 0.539. The monoisotopic (exact) mass is 371 g/mol. The topological polar surface area (TPSA) is 93.6 Å². The summed E-state index contributed by atoms with van der Waals surface area (Å²) in [6, 6.07) is 5.40. The number of aliphatic hydroxyl groups is 2. The summed E-state index contributed by atoms with van der Waals surface area (Å²) in [5.41, 5.74) is 0.490. The second-order valence-corrected chi connectivity index (χ2v) is 5.47. The number of anilines is 3. The molecule has 2 amide bonds. The van der Waals surface area contributed by atoms with E-state index < -0.39 is 24.3 Å². The van der Waals surface area contributed by atoms with Gasteiger partial charge in [0.15, 0.2) is 0 Å². The van der Waals surface area contributed by atoms with Gasteiger partial charge in [-0.05, 0) is 24.3 Å². The maximum atomic E-state index is 13.6. The van der Waals surface area contributed by atoms with Gasteiger partial charge in [-0.2, -0.15) is 0 Å². The van der Waals surface area contributed by atoms with Crippen molar-refractivity contribution in [2.45, 2.75) is 6.61 Å². The van der Waals surface area contributed by atoms with Crippen molar-refractivity contribution in [2.75, 3.05) is 29.1 Å². The number of carbonyl (C=O) groups is 1. The van der Waals surface area contributed by atoms with Crippen molar-refractivity contribution in [3.8, 4) is 0 Å². The second kappa shape index (κ2) is 8.61. The van der Waals surface area contributed by atoms with Gasteiger partial charge in [0, 0.05) is 34.6 Å². The summed E-state index contributed by atoms with van der Waals surface area (Å²) in [5.74, 6) is -1.85. The Balaban J connectivity index is 2.14. The Bertz CT molecular complexity index is 775. The van der Waals surface area contributed by atoms with Crippen LogP contribution in [0.1, 0.15) is 5.56 Å². The van der Waals surface area contributed by atoms with E-state index in [2.05, 4.69) is 16.0 Å². The zero-order valence-electron chi connectivity index (χ0n) is 12.9. The first-order valence-corrected chi connectivity index (χ1v) is 7.63. The molecule has 0 atom stereocenters. The van der Waals surface area contributed by atoms with E-state index in [0.29, 0.717) is 29.0 Å². The number of hydrogen-bond donors (Lipinski definition) is 5. The molecule has 0 spiro atoms. The number of hydrogen-bond acceptors (Lipinski definition) is 4. The number of amides is 2. The minimum Gasteiger partial charge on any atom is -0.395 e. The minimum absolute atomic E-state index is 0.0785. The molecule has 0 aliphatic heterocycles. The number of aliphatic hydroxyl groups excluding tert-OH is 2. The first-order valence-electron chi connectivity index (χ1n) is 7.25. The maximum absolute atomic E-state index is 13.6. The van der Waals surface area contributed by atoms with Crippen molar-refractivity contribution in [1.29, 1.82) is 0 Å². The van der Waals surface area contributed by atoms with Crippen molar-refractivity contribution < 1.29 is 23.8 Å². The van der Waals surface area contributed by atoms with Gasteiger partial charge in [0.25, 0.3) is 0 Å². The summed E-state index contributed by atoms with van der Waals surface area (Å²) in [6.07, 6.45) is 0. The summed E-state index contributed by atoms with van der Waals surface area (Å²) in [7, 11) is 0. The molecule has 0 unspecified atom stereocenters. The van der Waals surface area contributed by atoms with E-state index in [0.717, 1.165) is 6.07 Å². The molecule has 25 heavy (non-hydrogen) atoms. The molecule has 0 saturated carbocycles. The van der Waals surface area contributed by atoms with E-state index in [-0.39, 0.29) is 17.9 Å². The van der Waals surface area contributed by atoms with Gasteiger partial charge in [-0.15, -0.1) is 0 Å². The van der Waals surface area contributed by atoms with Crippen LogP contribution in [-0.2, 0) is 6.61 Å². The Kier molecular flexibility index (Phi) is 6.51. The highest BCUT2D eigenvalue weighted by Crippen LogP contribution is 2.24. The van der Waals surface area contributed by atoms with Crippen LogP contribution in [0.2, 0.25) is 5.02 Å². The standard InChI is InChI=1S/C16H16ClF2N3O3/c17-9-3-11(20-1-2-23)7-12(4-9)21-16(25)22-15-6-10(18)5-14(19)13(15)8-24/h3-7,20,23-24H,1-2,8H2,(H2,21,22,25). The summed E-state index contributed by atoms with van der Waals surface area (Å²) < 4.78 is 26.9. The molecule has 0 bridgehead atoms. The lowest BCUT2D eigenvalue weighted by atomic mass is 10.1. The summed E-state index contributed by atoms with van der Waals surface area (Å²) in [6.45, 7) is -0.479. The number of carbonyl (C=O) groups excluding carboxylic acids is 1. The van der Waals surface area contributed by atoms with Crippen LogP contribution in [0, 0.1) is 11.6 Å². The van der Waals surface area contributed by atoms with Crippen LogP contribution in [0.15, 0.2) is 30.3 Å². The lowest BCUT2D eigenvalue weighted by Gasteiger charge is -2.13. The highest BCUT2D eigenvalue weighted by atomic mass is 35.5. The fourth-order valence-corrected chi connectivity index (χ4v) is 2.36. The molecule has 0 radical (unpaired) electrons. The average Bonchev–Trinajstić information content (AvgIpc) is 2.51. The smallest absolute Gasteiger partial charge is 0.323 e. The summed E-state index contributed by atoms with van der Waals surface area (Å²) in [4.78, 5) is 12.1. The molecule has 9 heteroatoms. The van der Waals surface area contributed by atoms with E-state index >= 15 is 0 Å². The predicted molar refractivity (Wildman–Crippen MR) is 91.9 cm³/mol. The van der Waals surface area contributed by atoms with Gasteiger partial charge < -0.3 is 26.2 Å². The minimum atomic E-state index is -0.962. The lowest BCUT2D eigenvalue weighted by Crippen LogP contribution is -2.21. The van der Waals surface area contributed by atoms with Crippen LogP contribution >= 0.6 is 11.6 Å². The molecule has 2 aromatic carbocycles. The second-order valence-electron chi connectivity index (χ2n) is 5.03. The lowest BCUT2D eigenvalue weighted by molar-refractivity contribution is 0.261. The Morgan fingerprint density at radius 2 is 1.76 bits per heavy atom. The highest BCUT2D eigenvalue weighted by Gasteiger charge is 2.13. The zero-order chi connectivity index (χ0) is 18.4. The van der Waals surface area contributed by atoms with Crippen molar-refractivity contribution in [3.05, 3.63) is 52.6 Å². The third-order valence-corrected chi connectivity index (χ3v) is 3.38. The fraction of sp³-hybridized carbons (Fsp3) is 0.188. The highest BCUT2D eigenvalue weighted by molar-refractivity contribution is 6.31. The normalized spacial score (nSPS) is 10.4. The first kappa shape index (κ1) is 18.9. The van der Waals surface area contributed by atoms with Gasteiger partial charge in [-0.3, -0.25) is 0 Å². The van der Waals surface area contributed by atoms with E-state index in [1.807, 2.05) is 0 Å². The van der Waals surface area contributed by atoms with Crippen LogP contribution in [0.5, 0.6) is 0 Å². The van der Waals surface area contributed by atoms with Crippen LogP contribution in [0.3, 0.4) is 0 Å². The number of halogens is 3. The van der Waals surface area contributed by atoms with Crippen molar-refractivity contribution in [1.82, 2.24) is 0 Å². The van der Waals surface area contributed by atoms with Crippen molar-refractivity contribution in [3.63, 3.8) is 0 Å². The largest absolute Gasteiger partial charge is 0.395 e. The Hall–Kier alpha value is -2.42. The van der Waals surface area contributed by atoms with Gasteiger partial charge in [0.1, 0.15) is 11.6 Å². The molecule has 134 valence electrons. The predicted octanol–water partition coefficient (Wildman–Crippen LogP) is 3.16. The van der Waals surface area contributed by atoms with Crippen molar-refractivity contribution in [2.24, 2.45) is 0 Å². The molecule has 0 aliphatic carbocycles. The average molecular weight is 372 g/mol. The molecule has 0 saturated heterocycles. The van der Waals surface area contributed by atoms with Gasteiger partial charge in [0.05, 0.1) is 18.9 Å². The zero-order valence-corrected chi connectivity index (χ0v) is 13.7. The molecule has 6 nitrogen and oxygen atoms in total. The molecule has 5 N–H and O–H groups in total. The number of rotatable bonds is 6. The fourth-order valence-electron chi connectivity index (χ4n) is 2.12. The molecule has 0 heterocycles. The van der Waals surface area contributed by atoms with Crippen LogP contribution in [0.25, 0.3) is 0 Å². The molecular formula is C16H16ClF2N3O3. The third-order valence-electron chi connectivity index (χ3n) is 3.16. The molecule has 0 aliphatic rings. The Morgan fingerprint density at radius 1 is 1.04 bits per heavy atom. The van der Waals surface area contributed by atoms with Gasteiger partial charge in [-0.1, -0.05) is 11.6 Å². The third kappa shape index (κ3) is 5.28. The number of urea groups is 1. The molecule has 2 aromatic rings. The molecular weight excluding hydrogens is 356 g/mol. The van der Waals surface area contributed by atoms with E-state index in [4.69, 9.17) is 21.8 Å². The van der Waals surface area contributed by atoms with Crippen LogP contribution in [-0.4, -0.2) is 29.4 Å². The van der Waals surface area contributed by atoms with Gasteiger partial charge in [-0.25, -0.2) is 13.6 Å². The molecule has 0 fully saturated rings. The maximum Gasteiger partial charge on any atom is 0.323 e. The van der Waals surface area contributed by atoms with Crippen molar-refractivity contribution >= 4 is 34.7 Å². The van der Waals surface area contributed by atoms with Crippen LogP contribution in [0.4, 0.5) is 30.6 Å². The summed E-state index contributed by atoms with van der Waals surface area (Å²) >= 11 is 5.96. The van der Waals surface area contributed by atoms with E-state index in [1.54, 1.807) is 12.1 Å². The van der Waals surface area contributed by atoms with Gasteiger partial charge >= 0.3 is 6.03 Å². The Morgan fingerprint density at radius 3 is 2.44 bits per heavy atom. The van der Waals surface area contributed by atoms with E-state index in [9.17, 15) is 13.6 Å². The van der Waals surface area contributed by atoms with Crippen LogP contribution < -0.4 is 16.0 Å². The SMILES string of the molecule is O=C(Nc1cc(Cl)cc(NCCO)c1)Nc1cc(F)cc(F)c1CO.